The zero-order valence-corrected chi connectivity index (χ0v) is 10.1. The molecule has 0 saturated heterocycles. The van der Waals surface area contributed by atoms with E-state index in [1.54, 1.807) is 24.4 Å². The average molecular weight is 254 g/mol. The third kappa shape index (κ3) is 2.06. The molecule has 3 aromatic rings. The third-order valence-corrected chi connectivity index (χ3v) is 2.98. The summed E-state index contributed by atoms with van der Waals surface area (Å²) in [6, 6.07) is 14.9. The lowest BCUT2D eigenvalue weighted by atomic mass is 10.2. The molecular weight excluding hydrogens is 242 g/mol. The Kier molecular flexibility index (Phi) is 2.72. The molecule has 1 N–H and O–H groups in total. The Hall–Kier alpha value is -2.69. The van der Waals surface area contributed by atoms with Gasteiger partial charge in [0.15, 0.2) is 0 Å². The van der Waals surface area contributed by atoms with Crippen LogP contribution in [0.1, 0.15) is 5.56 Å². The summed E-state index contributed by atoms with van der Waals surface area (Å²) in [5.41, 5.74) is 0.743. The van der Waals surface area contributed by atoms with Gasteiger partial charge in [0.25, 0.3) is 0 Å². The van der Waals surface area contributed by atoms with Crippen molar-refractivity contribution >= 4 is 5.65 Å². The van der Waals surface area contributed by atoms with E-state index in [0.29, 0.717) is 12.2 Å². The van der Waals surface area contributed by atoms with Crippen molar-refractivity contribution in [1.29, 1.82) is 0 Å². The summed E-state index contributed by atoms with van der Waals surface area (Å²) in [6.45, 7) is 0.421. The molecule has 0 radical (unpaired) electrons. The summed E-state index contributed by atoms with van der Waals surface area (Å²) in [5, 5.41) is 0. The van der Waals surface area contributed by atoms with Gasteiger partial charge in [-0.3, -0.25) is 0 Å². The first-order chi connectivity index (χ1) is 9.25. The zero-order valence-electron chi connectivity index (χ0n) is 10.1. The molecule has 0 aliphatic heterocycles. The van der Waals surface area contributed by atoms with Crippen molar-refractivity contribution in [1.82, 2.24) is 9.38 Å². The molecule has 0 spiro atoms. The second-order valence-electron chi connectivity index (χ2n) is 4.24. The van der Waals surface area contributed by atoms with Gasteiger partial charge in [0, 0.05) is 6.07 Å². The summed E-state index contributed by atoms with van der Waals surface area (Å²) in [7, 11) is 0. The number of rotatable bonds is 2. The van der Waals surface area contributed by atoms with Crippen LogP contribution >= 0.6 is 0 Å². The summed E-state index contributed by atoms with van der Waals surface area (Å²) < 4.78 is 2.96. The number of nitrogens with one attached hydrogen (secondary N) is 1. The highest BCUT2D eigenvalue weighted by Gasteiger charge is 2.13. The lowest BCUT2D eigenvalue weighted by Crippen LogP contribution is -2.56. The van der Waals surface area contributed by atoms with Crippen LogP contribution in [-0.4, -0.2) is 9.38 Å². The molecule has 0 aliphatic rings. The van der Waals surface area contributed by atoms with Crippen molar-refractivity contribution in [2.45, 2.75) is 6.54 Å². The molecule has 0 aliphatic carbocycles. The number of pyridine rings is 1. The molecule has 0 fully saturated rings. The first-order valence-electron chi connectivity index (χ1n) is 5.93. The maximum absolute atomic E-state index is 12.0. The standard InChI is InChI=1S/C14H11N3O2/c18-13-15-14(19)17(10-11-6-2-1-3-7-11)12-8-4-5-9-16(12)13/h1-9H,10H2/p+1. The van der Waals surface area contributed by atoms with E-state index in [-0.39, 0.29) is 0 Å². The molecule has 0 atom stereocenters. The van der Waals surface area contributed by atoms with Crippen LogP contribution in [0.15, 0.2) is 64.3 Å². The van der Waals surface area contributed by atoms with Crippen LogP contribution in [0.5, 0.6) is 0 Å². The Balaban J connectivity index is 2.24. The number of fused-ring (bicyclic) bond motifs is 1. The van der Waals surface area contributed by atoms with E-state index in [0.717, 1.165) is 5.56 Å². The van der Waals surface area contributed by atoms with Crippen LogP contribution in [0.4, 0.5) is 0 Å². The topological polar surface area (TPSA) is 58.2 Å². The Bertz CT molecular complexity index is 834. The van der Waals surface area contributed by atoms with E-state index in [9.17, 15) is 9.59 Å². The fraction of sp³-hybridized carbons (Fsp3) is 0.0714. The lowest BCUT2D eigenvalue weighted by molar-refractivity contribution is -0.683. The van der Waals surface area contributed by atoms with Gasteiger partial charge < -0.3 is 0 Å². The normalized spacial score (nSPS) is 10.7. The number of aromatic amines is 1. The van der Waals surface area contributed by atoms with Crippen molar-refractivity contribution in [3.8, 4) is 0 Å². The molecule has 19 heavy (non-hydrogen) atoms. The second kappa shape index (κ2) is 4.53. The molecule has 5 heteroatoms. The molecule has 3 rings (SSSR count). The minimum absolute atomic E-state index is 0.403. The molecule has 2 aromatic heterocycles. The lowest BCUT2D eigenvalue weighted by Gasteiger charge is -2.03. The minimum atomic E-state index is -0.426. The Labute approximate surface area is 108 Å². The Morgan fingerprint density at radius 2 is 1.74 bits per heavy atom. The summed E-state index contributed by atoms with van der Waals surface area (Å²) in [6.07, 6.45) is 1.63. The second-order valence-corrected chi connectivity index (χ2v) is 4.24. The Morgan fingerprint density at radius 3 is 2.53 bits per heavy atom. The SMILES string of the molecule is O=c1[nH]c(=O)[n+](Cc2ccccc2)c2ccccn12. The fourth-order valence-corrected chi connectivity index (χ4v) is 2.07. The molecule has 0 unspecified atom stereocenters. The van der Waals surface area contributed by atoms with Gasteiger partial charge in [0.2, 0.25) is 5.65 Å². The van der Waals surface area contributed by atoms with E-state index >= 15 is 0 Å². The predicted octanol–water partition coefficient (Wildman–Crippen LogP) is 0.324. The van der Waals surface area contributed by atoms with E-state index in [1.165, 1.54) is 8.97 Å². The van der Waals surface area contributed by atoms with Crippen LogP contribution in [0, 0.1) is 0 Å². The molecule has 0 bridgehead atoms. The van der Waals surface area contributed by atoms with Crippen molar-refractivity contribution in [2.75, 3.05) is 0 Å². The van der Waals surface area contributed by atoms with Gasteiger partial charge in [0.1, 0.15) is 6.54 Å². The average Bonchev–Trinajstić information content (AvgIpc) is 2.45. The monoisotopic (exact) mass is 254 g/mol. The van der Waals surface area contributed by atoms with Crippen LogP contribution in [0.2, 0.25) is 0 Å². The van der Waals surface area contributed by atoms with Gasteiger partial charge in [-0.2, -0.15) is 14.0 Å². The maximum atomic E-state index is 12.0. The van der Waals surface area contributed by atoms with E-state index in [2.05, 4.69) is 4.98 Å². The van der Waals surface area contributed by atoms with Crippen LogP contribution in [-0.2, 0) is 6.54 Å². The summed E-state index contributed by atoms with van der Waals surface area (Å²) >= 11 is 0. The number of hydrogen-bond donors (Lipinski definition) is 1. The number of hydrogen-bond acceptors (Lipinski definition) is 2. The van der Waals surface area contributed by atoms with Gasteiger partial charge in [-0.1, -0.05) is 36.4 Å². The number of benzene rings is 1. The quantitative estimate of drug-likeness (QED) is 0.670. The van der Waals surface area contributed by atoms with Crippen LogP contribution in [0.3, 0.4) is 0 Å². The number of aromatic nitrogens is 3. The third-order valence-electron chi connectivity index (χ3n) is 2.98. The van der Waals surface area contributed by atoms with Gasteiger partial charge in [-0.15, -0.1) is 0 Å². The molecule has 94 valence electrons. The smallest absolute Gasteiger partial charge is 0.212 e. The van der Waals surface area contributed by atoms with E-state index in [1.807, 2.05) is 30.3 Å². The molecule has 0 saturated carbocycles. The summed E-state index contributed by atoms with van der Waals surface area (Å²) in [5.74, 6) is 0. The van der Waals surface area contributed by atoms with Crippen LogP contribution < -0.4 is 15.9 Å². The van der Waals surface area contributed by atoms with Gasteiger partial charge >= 0.3 is 11.4 Å². The first-order valence-corrected chi connectivity index (χ1v) is 5.93. The molecule has 5 nitrogen and oxygen atoms in total. The number of H-pyrrole nitrogens is 1. The van der Waals surface area contributed by atoms with Gasteiger partial charge in [-0.25, -0.2) is 9.59 Å². The van der Waals surface area contributed by atoms with E-state index < -0.39 is 11.4 Å². The molecular formula is C14H12N3O2+. The maximum Gasteiger partial charge on any atom is 0.450 e. The largest absolute Gasteiger partial charge is 0.450 e. The van der Waals surface area contributed by atoms with Crippen molar-refractivity contribution in [3.63, 3.8) is 0 Å². The fourth-order valence-electron chi connectivity index (χ4n) is 2.07. The molecule has 0 amide bonds. The van der Waals surface area contributed by atoms with Crippen molar-refractivity contribution in [3.05, 3.63) is 81.3 Å². The van der Waals surface area contributed by atoms with Crippen molar-refractivity contribution in [2.24, 2.45) is 0 Å². The zero-order chi connectivity index (χ0) is 13.2. The molecule has 1 aromatic carbocycles. The summed E-state index contributed by atoms with van der Waals surface area (Å²) in [4.78, 5) is 26.0. The highest BCUT2D eigenvalue weighted by atomic mass is 16.2. The highest BCUT2D eigenvalue weighted by molar-refractivity contribution is 5.30. The highest BCUT2D eigenvalue weighted by Crippen LogP contribution is 1.98. The van der Waals surface area contributed by atoms with Crippen LogP contribution in [0.25, 0.3) is 5.65 Å². The van der Waals surface area contributed by atoms with Gasteiger partial charge in [-0.05, 0) is 11.6 Å². The predicted molar refractivity (Wildman–Crippen MR) is 70.0 cm³/mol. The molecule has 2 heterocycles. The van der Waals surface area contributed by atoms with E-state index in [4.69, 9.17) is 0 Å². The number of nitrogens with zero attached hydrogens (tertiary/aromatic N) is 2. The van der Waals surface area contributed by atoms with Crippen molar-refractivity contribution < 1.29 is 4.57 Å². The van der Waals surface area contributed by atoms with Gasteiger partial charge in [0.05, 0.1) is 6.20 Å². The minimum Gasteiger partial charge on any atom is -0.212 e. The first kappa shape index (κ1) is 11.4. The Morgan fingerprint density at radius 1 is 1.00 bits per heavy atom.